The fourth-order valence-corrected chi connectivity index (χ4v) is 2.96. The largest absolute Gasteiger partial charge is 0.373 e. The number of amides is 2. The topological polar surface area (TPSA) is 66.5 Å². The first-order valence-electron chi connectivity index (χ1n) is 7.56. The fourth-order valence-electron chi connectivity index (χ4n) is 2.67. The third-order valence-electron chi connectivity index (χ3n) is 3.92. The summed E-state index contributed by atoms with van der Waals surface area (Å²) in [5.74, 6) is -0.782. The van der Waals surface area contributed by atoms with Crippen LogP contribution in [-0.4, -0.2) is 23.6 Å². The molecule has 0 bridgehead atoms. The molecule has 7 heteroatoms. The molecule has 1 unspecified atom stereocenters. The van der Waals surface area contributed by atoms with Gasteiger partial charge in [-0.1, -0.05) is 35.3 Å². The van der Waals surface area contributed by atoms with Crippen LogP contribution in [0.2, 0.25) is 10.0 Å². The Labute approximate surface area is 154 Å². The summed E-state index contributed by atoms with van der Waals surface area (Å²) in [6, 6.07) is 10.7. The van der Waals surface area contributed by atoms with Crippen molar-refractivity contribution in [1.82, 2.24) is 0 Å². The zero-order chi connectivity index (χ0) is 18.1. The van der Waals surface area contributed by atoms with E-state index in [9.17, 15) is 14.4 Å². The molecule has 2 aromatic carbocycles. The van der Waals surface area contributed by atoms with Crippen molar-refractivity contribution in [3.63, 3.8) is 0 Å². The van der Waals surface area contributed by atoms with E-state index in [0.29, 0.717) is 22.0 Å². The standard InChI is InChI=1S/C18H14Cl2N2O3/c1-10(23)11-3-2-4-12(7-11)21-16-9-17(24)22(18(16)25)13-5-6-14(19)15(20)8-13/h2-8,16,21H,9H2,1H3. The highest BCUT2D eigenvalue weighted by Crippen LogP contribution is 2.31. The number of hydrogen-bond donors (Lipinski definition) is 1. The van der Waals surface area contributed by atoms with Crippen LogP contribution < -0.4 is 10.2 Å². The van der Waals surface area contributed by atoms with Crippen molar-refractivity contribution in [3.05, 3.63) is 58.1 Å². The summed E-state index contributed by atoms with van der Waals surface area (Å²) >= 11 is 11.8. The number of anilines is 2. The Morgan fingerprint density at radius 3 is 2.56 bits per heavy atom. The number of Topliss-reactive ketones (excluding diaryl/α,β-unsaturated/α-hetero) is 1. The maximum Gasteiger partial charge on any atom is 0.256 e. The summed E-state index contributed by atoms with van der Waals surface area (Å²) in [6.45, 7) is 1.47. The van der Waals surface area contributed by atoms with Crippen LogP contribution >= 0.6 is 23.2 Å². The molecule has 1 aliphatic heterocycles. The summed E-state index contributed by atoms with van der Waals surface area (Å²) in [5, 5.41) is 3.64. The van der Waals surface area contributed by atoms with Crippen molar-refractivity contribution in [2.45, 2.75) is 19.4 Å². The van der Waals surface area contributed by atoms with Crippen molar-refractivity contribution in [1.29, 1.82) is 0 Å². The van der Waals surface area contributed by atoms with Gasteiger partial charge in [-0.05, 0) is 37.3 Å². The highest BCUT2D eigenvalue weighted by molar-refractivity contribution is 6.42. The molecule has 1 N–H and O–H groups in total. The summed E-state index contributed by atoms with van der Waals surface area (Å²) < 4.78 is 0. The zero-order valence-corrected chi connectivity index (χ0v) is 14.8. The molecule has 3 rings (SSSR count). The fraction of sp³-hybridized carbons (Fsp3) is 0.167. The van der Waals surface area contributed by atoms with Gasteiger partial charge in [-0.2, -0.15) is 0 Å². The van der Waals surface area contributed by atoms with Crippen molar-refractivity contribution < 1.29 is 14.4 Å². The predicted octanol–water partition coefficient (Wildman–Crippen LogP) is 3.94. The van der Waals surface area contributed by atoms with Crippen molar-refractivity contribution in [3.8, 4) is 0 Å². The summed E-state index contributed by atoms with van der Waals surface area (Å²) in [5.41, 5.74) is 1.52. The van der Waals surface area contributed by atoms with E-state index in [1.54, 1.807) is 30.3 Å². The number of ketones is 1. The van der Waals surface area contributed by atoms with Gasteiger partial charge in [-0.15, -0.1) is 0 Å². The molecule has 2 aromatic rings. The first-order chi connectivity index (χ1) is 11.9. The minimum Gasteiger partial charge on any atom is -0.373 e. The van der Waals surface area contributed by atoms with Crippen LogP contribution in [0.15, 0.2) is 42.5 Å². The Balaban J connectivity index is 1.82. The number of benzene rings is 2. The number of nitrogens with one attached hydrogen (secondary N) is 1. The van der Waals surface area contributed by atoms with Gasteiger partial charge < -0.3 is 5.32 Å². The zero-order valence-electron chi connectivity index (χ0n) is 13.3. The molecule has 25 heavy (non-hydrogen) atoms. The lowest BCUT2D eigenvalue weighted by Crippen LogP contribution is -2.34. The first-order valence-corrected chi connectivity index (χ1v) is 8.32. The molecular weight excluding hydrogens is 363 g/mol. The van der Waals surface area contributed by atoms with E-state index in [0.717, 1.165) is 4.90 Å². The normalized spacial score (nSPS) is 17.1. The van der Waals surface area contributed by atoms with Gasteiger partial charge in [0.05, 0.1) is 22.2 Å². The third kappa shape index (κ3) is 3.52. The quantitative estimate of drug-likeness (QED) is 0.648. The van der Waals surface area contributed by atoms with E-state index >= 15 is 0 Å². The van der Waals surface area contributed by atoms with Crippen LogP contribution in [0.5, 0.6) is 0 Å². The molecule has 0 saturated carbocycles. The van der Waals surface area contributed by atoms with Gasteiger partial charge >= 0.3 is 0 Å². The number of hydrogen-bond acceptors (Lipinski definition) is 4. The molecule has 0 aliphatic carbocycles. The summed E-state index contributed by atoms with van der Waals surface area (Å²) in [4.78, 5) is 37.5. The molecule has 0 radical (unpaired) electrons. The molecule has 1 heterocycles. The van der Waals surface area contributed by atoms with E-state index in [1.807, 2.05) is 0 Å². The van der Waals surface area contributed by atoms with E-state index in [1.165, 1.54) is 19.1 Å². The average Bonchev–Trinajstić information content (AvgIpc) is 2.84. The third-order valence-corrected chi connectivity index (χ3v) is 4.66. The monoisotopic (exact) mass is 376 g/mol. The lowest BCUT2D eigenvalue weighted by atomic mass is 10.1. The Kier molecular flexibility index (Phi) is 4.79. The molecule has 1 saturated heterocycles. The Bertz CT molecular complexity index is 882. The Morgan fingerprint density at radius 1 is 1.12 bits per heavy atom. The maximum absolute atomic E-state index is 12.6. The highest BCUT2D eigenvalue weighted by Gasteiger charge is 2.39. The average molecular weight is 377 g/mol. The number of imide groups is 1. The van der Waals surface area contributed by atoms with Gasteiger partial charge in [0.2, 0.25) is 5.91 Å². The Hall–Kier alpha value is -2.37. The molecule has 1 atom stereocenters. The maximum atomic E-state index is 12.6. The molecule has 0 spiro atoms. The molecular formula is C18H14Cl2N2O3. The number of rotatable bonds is 4. The van der Waals surface area contributed by atoms with E-state index in [-0.39, 0.29) is 29.0 Å². The Morgan fingerprint density at radius 2 is 1.88 bits per heavy atom. The summed E-state index contributed by atoms with van der Waals surface area (Å²) in [7, 11) is 0. The van der Waals surface area contributed by atoms with Gasteiger partial charge in [0.25, 0.3) is 5.91 Å². The van der Waals surface area contributed by atoms with Gasteiger partial charge in [0, 0.05) is 11.3 Å². The van der Waals surface area contributed by atoms with E-state index in [2.05, 4.69) is 5.32 Å². The smallest absolute Gasteiger partial charge is 0.256 e. The van der Waals surface area contributed by atoms with Gasteiger partial charge in [0.15, 0.2) is 5.78 Å². The summed E-state index contributed by atoms with van der Waals surface area (Å²) in [6.07, 6.45) is 0.0172. The van der Waals surface area contributed by atoms with Crippen LogP contribution in [-0.2, 0) is 9.59 Å². The van der Waals surface area contributed by atoms with E-state index < -0.39 is 6.04 Å². The van der Waals surface area contributed by atoms with Crippen LogP contribution in [0.25, 0.3) is 0 Å². The lowest BCUT2D eigenvalue weighted by Gasteiger charge is -2.17. The van der Waals surface area contributed by atoms with Crippen LogP contribution in [0.4, 0.5) is 11.4 Å². The SMILES string of the molecule is CC(=O)c1cccc(NC2CC(=O)N(c3ccc(Cl)c(Cl)c3)C2=O)c1. The highest BCUT2D eigenvalue weighted by atomic mass is 35.5. The second-order valence-corrected chi connectivity index (χ2v) is 6.52. The van der Waals surface area contributed by atoms with Gasteiger partial charge in [-0.25, -0.2) is 4.90 Å². The molecule has 0 aromatic heterocycles. The molecule has 128 valence electrons. The van der Waals surface area contributed by atoms with Crippen molar-refractivity contribution in [2.24, 2.45) is 0 Å². The minimum atomic E-state index is -0.704. The van der Waals surface area contributed by atoms with Crippen molar-refractivity contribution in [2.75, 3.05) is 10.2 Å². The van der Waals surface area contributed by atoms with Crippen molar-refractivity contribution >= 4 is 52.2 Å². The minimum absolute atomic E-state index is 0.0172. The predicted molar refractivity (Wildman–Crippen MR) is 97.4 cm³/mol. The number of carbonyl (C=O) groups excluding carboxylic acids is 3. The van der Waals surface area contributed by atoms with Gasteiger partial charge in [-0.3, -0.25) is 14.4 Å². The number of carbonyl (C=O) groups is 3. The van der Waals surface area contributed by atoms with Crippen LogP contribution in [0, 0.1) is 0 Å². The lowest BCUT2D eigenvalue weighted by molar-refractivity contribution is -0.121. The number of halogens is 2. The van der Waals surface area contributed by atoms with Crippen LogP contribution in [0.1, 0.15) is 23.7 Å². The van der Waals surface area contributed by atoms with Gasteiger partial charge in [0.1, 0.15) is 6.04 Å². The van der Waals surface area contributed by atoms with E-state index in [4.69, 9.17) is 23.2 Å². The second-order valence-electron chi connectivity index (χ2n) is 5.70. The molecule has 5 nitrogen and oxygen atoms in total. The first kappa shape index (κ1) is 17.5. The molecule has 2 amide bonds. The molecule has 1 fully saturated rings. The van der Waals surface area contributed by atoms with Crippen LogP contribution in [0.3, 0.4) is 0 Å². The number of nitrogens with zero attached hydrogens (tertiary/aromatic N) is 1. The molecule has 1 aliphatic rings. The second kappa shape index (κ2) is 6.86.